The molecule has 5 nitrogen and oxygen atoms in total. The quantitative estimate of drug-likeness (QED) is 0.606. The second-order valence-electron chi connectivity index (χ2n) is 4.42. The Morgan fingerprint density at radius 3 is 2.27 bits per heavy atom. The van der Waals surface area contributed by atoms with Crippen molar-refractivity contribution in [1.29, 1.82) is 0 Å². The zero-order chi connectivity index (χ0) is 11.3. The summed E-state index contributed by atoms with van der Waals surface area (Å²) in [5.74, 6) is -0.362. The molecule has 0 aromatic heterocycles. The standard InChI is InChI=1S/C9H13NO4S/c1-15(13,14)9(2-3-9)6-10-5-7(11)4-8(10)12/h2-6H2,1H3. The maximum atomic E-state index is 11.5. The van der Waals surface area contributed by atoms with Crippen molar-refractivity contribution in [1.82, 2.24) is 4.90 Å². The van der Waals surface area contributed by atoms with E-state index in [0.717, 1.165) is 0 Å². The molecule has 0 N–H and O–H groups in total. The number of hydrogen-bond donors (Lipinski definition) is 0. The molecular formula is C9H13NO4S. The van der Waals surface area contributed by atoms with E-state index in [9.17, 15) is 18.0 Å². The molecule has 2 rings (SSSR count). The Balaban J connectivity index is 2.11. The van der Waals surface area contributed by atoms with E-state index in [4.69, 9.17) is 0 Å². The molecule has 2 fully saturated rings. The summed E-state index contributed by atoms with van der Waals surface area (Å²) in [6, 6.07) is 0. The third-order valence-corrected chi connectivity index (χ3v) is 5.25. The van der Waals surface area contributed by atoms with Gasteiger partial charge in [-0.05, 0) is 12.8 Å². The van der Waals surface area contributed by atoms with Crippen molar-refractivity contribution in [3.63, 3.8) is 0 Å². The molecule has 0 aromatic rings. The van der Waals surface area contributed by atoms with Gasteiger partial charge in [0.1, 0.15) is 0 Å². The predicted molar refractivity (Wildman–Crippen MR) is 53.0 cm³/mol. The topological polar surface area (TPSA) is 71.5 Å². The number of ketones is 1. The van der Waals surface area contributed by atoms with Crippen LogP contribution in [0.15, 0.2) is 0 Å². The van der Waals surface area contributed by atoms with Crippen molar-refractivity contribution in [3.8, 4) is 0 Å². The molecule has 2 aliphatic rings. The van der Waals surface area contributed by atoms with Gasteiger partial charge in [-0.1, -0.05) is 0 Å². The first-order valence-electron chi connectivity index (χ1n) is 4.83. The Morgan fingerprint density at radius 1 is 1.33 bits per heavy atom. The van der Waals surface area contributed by atoms with Crippen LogP contribution in [0.2, 0.25) is 0 Å². The number of nitrogens with zero attached hydrogens (tertiary/aromatic N) is 1. The van der Waals surface area contributed by atoms with Crippen molar-refractivity contribution < 1.29 is 18.0 Å². The summed E-state index contributed by atoms with van der Waals surface area (Å²) >= 11 is 0. The number of Topliss-reactive ketones (excluding diaryl/α,β-unsaturated/α-hetero) is 1. The van der Waals surface area contributed by atoms with Gasteiger partial charge in [0.05, 0.1) is 17.7 Å². The molecule has 1 saturated carbocycles. The third kappa shape index (κ3) is 1.78. The normalized spacial score (nSPS) is 24.7. The minimum absolute atomic E-state index is 0.0696. The fraction of sp³-hybridized carbons (Fsp3) is 0.778. The monoisotopic (exact) mass is 231 g/mol. The zero-order valence-electron chi connectivity index (χ0n) is 8.52. The number of rotatable bonds is 3. The van der Waals surface area contributed by atoms with Crippen LogP contribution in [-0.2, 0) is 19.4 Å². The summed E-state index contributed by atoms with van der Waals surface area (Å²) < 4.78 is 22.2. The summed E-state index contributed by atoms with van der Waals surface area (Å²) in [7, 11) is -3.12. The Hall–Kier alpha value is -0.910. The lowest BCUT2D eigenvalue weighted by Crippen LogP contribution is -2.39. The second kappa shape index (κ2) is 3.04. The highest BCUT2D eigenvalue weighted by Crippen LogP contribution is 2.44. The van der Waals surface area contributed by atoms with Crippen LogP contribution in [0.25, 0.3) is 0 Å². The first-order valence-corrected chi connectivity index (χ1v) is 6.72. The highest BCUT2D eigenvalue weighted by atomic mass is 32.2. The van der Waals surface area contributed by atoms with Gasteiger partial charge in [-0.3, -0.25) is 9.59 Å². The number of carbonyl (C=O) groups excluding carboxylic acids is 2. The molecule has 0 radical (unpaired) electrons. The van der Waals surface area contributed by atoms with Crippen LogP contribution in [0, 0.1) is 0 Å². The van der Waals surface area contributed by atoms with Crippen LogP contribution in [0.5, 0.6) is 0 Å². The van der Waals surface area contributed by atoms with Crippen LogP contribution in [0.3, 0.4) is 0 Å². The lowest BCUT2D eigenvalue weighted by molar-refractivity contribution is -0.127. The summed E-state index contributed by atoms with van der Waals surface area (Å²) in [6.45, 7) is 0.270. The van der Waals surface area contributed by atoms with Crippen LogP contribution >= 0.6 is 0 Å². The molecule has 1 heterocycles. The van der Waals surface area contributed by atoms with E-state index >= 15 is 0 Å². The fourth-order valence-corrected chi connectivity index (χ4v) is 3.15. The van der Waals surface area contributed by atoms with Gasteiger partial charge in [-0.15, -0.1) is 0 Å². The lowest BCUT2D eigenvalue weighted by atomic mass is 10.3. The maximum Gasteiger partial charge on any atom is 0.230 e. The molecule has 0 aromatic carbocycles. The molecule has 1 amide bonds. The molecule has 0 bridgehead atoms. The van der Waals surface area contributed by atoms with Crippen molar-refractivity contribution in [2.75, 3.05) is 19.3 Å². The number of likely N-dealkylation sites (tertiary alicyclic amines) is 1. The van der Waals surface area contributed by atoms with Crippen LogP contribution in [-0.4, -0.2) is 49.1 Å². The molecule has 0 unspecified atom stereocenters. The number of sulfone groups is 1. The fourth-order valence-electron chi connectivity index (χ4n) is 1.91. The molecule has 1 aliphatic carbocycles. The van der Waals surface area contributed by atoms with Gasteiger partial charge in [0, 0.05) is 12.8 Å². The van der Waals surface area contributed by atoms with Crippen LogP contribution in [0.1, 0.15) is 19.3 Å². The maximum absolute atomic E-state index is 11.5. The Bertz CT molecular complexity index is 421. The summed E-state index contributed by atoms with van der Waals surface area (Å²) in [6.07, 6.45) is 2.33. The van der Waals surface area contributed by atoms with Gasteiger partial charge in [0.2, 0.25) is 5.91 Å². The molecular weight excluding hydrogens is 218 g/mol. The molecule has 6 heteroatoms. The zero-order valence-corrected chi connectivity index (χ0v) is 9.34. The molecule has 1 aliphatic heterocycles. The average Bonchev–Trinajstić information content (AvgIpc) is 2.76. The molecule has 15 heavy (non-hydrogen) atoms. The highest BCUT2D eigenvalue weighted by Gasteiger charge is 2.54. The van der Waals surface area contributed by atoms with Crippen molar-refractivity contribution in [3.05, 3.63) is 0 Å². The van der Waals surface area contributed by atoms with E-state index in [1.54, 1.807) is 0 Å². The summed E-state index contributed by atoms with van der Waals surface area (Å²) in [5.41, 5.74) is 0. The Kier molecular flexibility index (Phi) is 2.15. The second-order valence-corrected chi connectivity index (χ2v) is 6.83. The molecule has 0 spiro atoms. The van der Waals surface area contributed by atoms with E-state index in [0.29, 0.717) is 12.8 Å². The van der Waals surface area contributed by atoms with Gasteiger partial charge in [-0.2, -0.15) is 0 Å². The molecule has 0 atom stereocenters. The van der Waals surface area contributed by atoms with Crippen LogP contribution < -0.4 is 0 Å². The highest BCUT2D eigenvalue weighted by molar-refractivity contribution is 7.92. The molecule has 84 valence electrons. The first-order chi connectivity index (χ1) is 6.84. The lowest BCUT2D eigenvalue weighted by Gasteiger charge is -2.21. The van der Waals surface area contributed by atoms with Gasteiger partial charge in [0.25, 0.3) is 0 Å². The summed E-state index contributed by atoms with van der Waals surface area (Å²) in [5, 5.41) is 0. The van der Waals surface area contributed by atoms with Crippen molar-refractivity contribution >= 4 is 21.5 Å². The van der Waals surface area contributed by atoms with E-state index in [2.05, 4.69) is 0 Å². The van der Waals surface area contributed by atoms with Crippen molar-refractivity contribution in [2.45, 2.75) is 24.0 Å². The van der Waals surface area contributed by atoms with Gasteiger partial charge in [-0.25, -0.2) is 8.42 Å². The van der Waals surface area contributed by atoms with E-state index in [1.807, 2.05) is 0 Å². The average molecular weight is 231 g/mol. The van der Waals surface area contributed by atoms with Gasteiger partial charge >= 0.3 is 0 Å². The Morgan fingerprint density at radius 2 is 1.93 bits per heavy atom. The largest absolute Gasteiger partial charge is 0.333 e. The minimum atomic E-state index is -3.12. The third-order valence-electron chi connectivity index (χ3n) is 3.14. The number of amides is 1. The van der Waals surface area contributed by atoms with E-state index in [-0.39, 0.29) is 31.2 Å². The molecule has 1 saturated heterocycles. The van der Waals surface area contributed by atoms with E-state index in [1.165, 1.54) is 11.2 Å². The Labute approximate surface area is 88.4 Å². The smallest absolute Gasteiger partial charge is 0.230 e. The van der Waals surface area contributed by atoms with Crippen LogP contribution in [0.4, 0.5) is 0 Å². The summed E-state index contributed by atoms with van der Waals surface area (Å²) in [4.78, 5) is 23.7. The van der Waals surface area contributed by atoms with Crippen molar-refractivity contribution in [2.24, 2.45) is 0 Å². The predicted octanol–water partition coefficient (Wildman–Crippen LogP) is -0.635. The van der Waals surface area contributed by atoms with Gasteiger partial charge < -0.3 is 4.90 Å². The van der Waals surface area contributed by atoms with E-state index < -0.39 is 14.6 Å². The van der Waals surface area contributed by atoms with Gasteiger partial charge in [0.15, 0.2) is 15.6 Å². The number of hydrogen-bond acceptors (Lipinski definition) is 4. The first kappa shape index (κ1) is 10.6. The SMILES string of the molecule is CS(=O)(=O)C1(CN2CC(=O)CC2=O)CC1. The minimum Gasteiger partial charge on any atom is -0.333 e. The number of carbonyl (C=O) groups is 2.